The first kappa shape index (κ1) is 18.9. The van der Waals surface area contributed by atoms with Crippen LogP contribution in [0, 0.1) is 12.0 Å². The van der Waals surface area contributed by atoms with Crippen molar-refractivity contribution in [1.82, 2.24) is 14.1 Å². The van der Waals surface area contributed by atoms with Gasteiger partial charge in [0.1, 0.15) is 0 Å². The molecule has 0 bridgehead atoms. The summed E-state index contributed by atoms with van der Waals surface area (Å²) >= 11 is 0. The number of pyridine rings is 1. The van der Waals surface area contributed by atoms with E-state index < -0.39 is 5.54 Å². The summed E-state index contributed by atoms with van der Waals surface area (Å²) in [5, 5.41) is 0. The van der Waals surface area contributed by atoms with Crippen molar-refractivity contribution in [2.45, 2.75) is 46.7 Å². The Kier molecular flexibility index (Phi) is 4.47. The van der Waals surface area contributed by atoms with Crippen LogP contribution < -0.4 is 5.69 Å². The number of nitrogens with zero attached hydrogens (tertiary/aromatic N) is 4. The van der Waals surface area contributed by atoms with E-state index in [1.807, 2.05) is 50.2 Å². The zero-order valence-corrected chi connectivity index (χ0v) is 16.9. The van der Waals surface area contributed by atoms with Crippen molar-refractivity contribution in [3.8, 4) is 11.3 Å². The van der Waals surface area contributed by atoms with E-state index >= 15 is 0 Å². The quantitative estimate of drug-likeness (QED) is 0.639. The van der Waals surface area contributed by atoms with Crippen LogP contribution in [0.25, 0.3) is 27.3 Å². The number of imidazole rings is 1. The average Bonchev–Trinajstić information content (AvgIpc) is 2.85. The molecule has 0 spiro atoms. The summed E-state index contributed by atoms with van der Waals surface area (Å²) in [6.45, 7) is 18.2. The molecule has 5 heteroatoms. The fourth-order valence-electron chi connectivity index (χ4n) is 3.18. The topological polar surface area (TPSA) is 44.2 Å². The Bertz CT molecular complexity index is 1100. The Labute approximate surface area is 160 Å². The lowest BCUT2D eigenvalue weighted by atomic mass is 9.93. The number of fused-ring (bicyclic) bond motifs is 1. The minimum absolute atomic E-state index is 0.00352. The maximum absolute atomic E-state index is 12.7. The molecule has 0 saturated heterocycles. The smallest absolute Gasteiger partial charge is 0.306 e. The van der Waals surface area contributed by atoms with Gasteiger partial charge in [-0.1, -0.05) is 39.0 Å². The summed E-state index contributed by atoms with van der Waals surface area (Å²) in [4.78, 5) is 21.2. The van der Waals surface area contributed by atoms with Crippen molar-refractivity contribution in [2.24, 2.45) is 12.5 Å². The molecule has 0 aliphatic heterocycles. The number of rotatable bonds is 3. The van der Waals surface area contributed by atoms with Gasteiger partial charge in [0.25, 0.3) is 5.54 Å². The molecule has 27 heavy (non-hydrogen) atoms. The molecule has 0 aliphatic carbocycles. The highest BCUT2D eigenvalue weighted by molar-refractivity contribution is 5.76. The van der Waals surface area contributed by atoms with Gasteiger partial charge in [0.15, 0.2) is 5.65 Å². The minimum Gasteiger partial charge on any atom is -0.306 e. The van der Waals surface area contributed by atoms with Crippen LogP contribution in [0.5, 0.6) is 0 Å². The van der Waals surface area contributed by atoms with Crippen LogP contribution >= 0.6 is 0 Å². The number of benzene rings is 1. The van der Waals surface area contributed by atoms with Gasteiger partial charge in [0.2, 0.25) is 0 Å². The fraction of sp³-hybridized carbons (Fsp3) is 0.409. The molecule has 2 heterocycles. The summed E-state index contributed by atoms with van der Waals surface area (Å²) in [6.07, 6.45) is 0. The standard InChI is InChI=1S/C22H26N4O/c1-21(2,3)14-26-18-12-11-17(24-19(18)25(7)20(26)27)15-9-8-10-16(13-15)22(4,5)23-6/h8-13H,14H2,1-5,7H3. The van der Waals surface area contributed by atoms with E-state index in [-0.39, 0.29) is 11.1 Å². The van der Waals surface area contributed by atoms with Crippen molar-refractivity contribution in [1.29, 1.82) is 0 Å². The molecule has 2 aromatic heterocycles. The highest BCUT2D eigenvalue weighted by Crippen LogP contribution is 2.29. The number of hydrogen-bond acceptors (Lipinski definition) is 2. The molecule has 1 aromatic carbocycles. The van der Waals surface area contributed by atoms with Gasteiger partial charge in [-0.25, -0.2) is 16.4 Å². The Balaban J connectivity index is 2.14. The second-order valence-electron chi connectivity index (χ2n) is 8.78. The van der Waals surface area contributed by atoms with Crippen LogP contribution in [0.2, 0.25) is 0 Å². The molecule has 0 saturated carbocycles. The van der Waals surface area contributed by atoms with E-state index in [0.717, 1.165) is 22.3 Å². The molecule has 3 aromatic rings. The molecule has 140 valence electrons. The first-order valence-corrected chi connectivity index (χ1v) is 9.09. The normalized spacial score (nSPS) is 12.3. The van der Waals surface area contributed by atoms with Crippen LogP contribution in [-0.2, 0) is 19.1 Å². The Morgan fingerprint density at radius 2 is 1.81 bits per heavy atom. The zero-order chi connectivity index (χ0) is 20.0. The predicted molar refractivity (Wildman–Crippen MR) is 109 cm³/mol. The molecule has 0 N–H and O–H groups in total. The van der Waals surface area contributed by atoms with Crippen molar-refractivity contribution in [2.75, 3.05) is 0 Å². The van der Waals surface area contributed by atoms with Crippen LogP contribution in [0.4, 0.5) is 0 Å². The van der Waals surface area contributed by atoms with E-state index in [9.17, 15) is 4.79 Å². The average molecular weight is 362 g/mol. The lowest BCUT2D eigenvalue weighted by molar-refractivity contribution is 0.342. The first-order chi connectivity index (χ1) is 12.5. The molecule has 0 atom stereocenters. The van der Waals surface area contributed by atoms with Crippen molar-refractivity contribution in [3.05, 3.63) is 63.9 Å². The Morgan fingerprint density at radius 3 is 2.44 bits per heavy atom. The van der Waals surface area contributed by atoms with E-state index in [0.29, 0.717) is 12.2 Å². The van der Waals surface area contributed by atoms with E-state index in [1.54, 1.807) is 16.2 Å². The Morgan fingerprint density at radius 1 is 1.11 bits per heavy atom. The maximum atomic E-state index is 12.7. The molecule has 0 radical (unpaired) electrons. The number of aromatic nitrogens is 3. The summed E-state index contributed by atoms with van der Waals surface area (Å²) < 4.78 is 3.40. The van der Waals surface area contributed by atoms with E-state index in [1.165, 1.54) is 0 Å². The van der Waals surface area contributed by atoms with Crippen molar-refractivity contribution < 1.29 is 0 Å². The third kappa shape index (κ3) is 3.52. The molecular formula is C22H26N4O. The lowest BCUT2D eigenvalue weighted by Gasteiger charge is -2.18. The van der Waals surface area contributed by atoms with E-state index in [4.69, 9.17) is 11.6 Å². The highest BCUT2D eigenvalue weighted by atomic mass is 16.1. The summed E-state index contributed by atoms with van der Waals surface area (Å²) in [5.74, 6) is 0. The molecule has 5 nitrogen and oxygen atoms in total. The van der Waals surface area contributed by atoms with Gasteiger partial charge in [0.05, 0.1) is 11.2 Å². The first-order valence-electron chi connectivity index (χ1n) is 9.09. The zero-order valence-electron chi connectivity index (χ0n) is 16.9. The lowest BCUT2D eigenvalue weighted by Crippen LogP contribution is -2.27. The Hall–Kier alpha value is -2.87. The molecular weight excluding hydrogens is 336 g/mol. The SMILES string of the molecule is [C-]#[N+]C(C)(C)c1cccc(-c2ccc3c(n2)n(C)c(=O)n3CC(C)(C)C)c1. The highest BCUT2D eigenvalue weighted by Gasteiger charge is 2.26. The fourth-order valence-corrected chi connectivity index (χ4v) is 3.18. The summed E-state index contributed by atoms with van der Waals surface area (Å²) in [5.41, 5.74) is 3.59. The van der Waals surface area contributed by atoms with Crippen LogP contribution in [0.1, 0.15) is 40.2 Å². The summed E-state index contributed by atoms with van der Waals surface area (Å²) in [6, 6.07) is 11.8. The monoisotopic (exact) mass is 362 g/mol. The maximum Gasteiger partial charge on any atom is 0.330 e. The molecule has 0 fully saturated rings. The van der Waals surface area contributed by atoms with Gasteiger partial charge in [-0.05, 0) is 23.6 Å². The molecule has 3 rings (SSSR count). The van der Waals surface area contributed by atoms with Gasteiger partial charge in [-0.3, -0.25) is 9.13 Å². The van der Waals surface area contributed by atoms with Crippen LogP contribution in [-0.4, -0.2) is 14.1 Å². The largest absolute Gasteiger partial charge is 0.330 e. The number of aryl methyl sites for hydroxylation is 1. The van der Waals surface area contributed by atoms with Crippen LogP contribution in [0.3, 0.4) is 0 Å². The molecule has 0 aliphatic rings. The van der Waals surface area contributed by atoms with Gasteiger partial charge in [-0.2, -0.15) is 0 Å². The third-order valence-corrected chi connectivity index (χ3v) is 4.76. The minimum atomic E-state index is -0.580. The molecule has 0 unspecified atom stereocenters. The predicted octanol–water partition coefficient (Wildman–Crippen LogP) is 4.60. The third-order valence-electron chi connectivity index (χ3n) is 4.76. The summed E-state index contributed by atoms with van der Waals surface area (Å²) in [7, 11) is 1.76. The van der Waals surface area contributed by atoms with Crippen molar-refractivity contribution in [3.63, 3.8) is 0 Å². The van der Waals surface area contributed by atoms with E-state index in [2.05, 4.69) is 25.6 Å². The van der Waals surface area contributed by atoms with Gasteiger partial charge >= 0.3 is 5.69 Å². The van der Waals surface area contributed by atoms with Crippen molar-refractivity contribution >= 4 is 11.2 Å². The van der Waals surface area contributed by atoms with Gasteiger partial charge < -0.3 is 4.85 Å². The molecule has 0 amide bonds. The van der Waals surface area contributed by atoms with Crippen LogP contribution in [0.15, 0.2) is 41.2 Å². The van der Waals surface area contributed by atoms with Gasteiger partial charge in [-0.15, -0.1) is 0 Å². The van der Waals surface area contributed by atoms with Gasteiger partial charge in [0, 0.05) is 38.6 Å². The number of hydrogen-bond donors (Lipinski definition) is 0. The second kappa shape index (κ2) is 6.38. The second-order valence-corrected chi connectivity index (χ2v) is 8.78.